The first-order chi connectivity index (χ1) is 11.2. The zero-order chi connectivity index (χ0) is 16.1. The Kier molecular flexibility index (Phi) is 7.77. The van der Waals surface area contributed by atoms with Crippen LogP contribution in [0.2, 0.25) is 0 Å². The Hall–Kier alpha value is -0.860. The summed E-state index contributed by atoms with van der Waals surface area (Å²) in [7, 11) is 0. The predicted octanol–water partition coefficient (Wildman–Crippen LogP) is 2.63. The summed E-state index contributed by atoms with van der Waals surface area (Å²) in [5.41, 5.74) is 10.1. The lowest BCUT2D eigenvalue weighted by Gasteiger charge is -2.31. The average Bonchev–Trinajstić information content (AvgIpc) is 2.61. The summed E-state index contributed by atoms with van der Waals surface area (Å²) < 4.78 is 5.39. The summed E-state index contributed by atoms with van der Waals surface area (Å²) in [5, 5.41) is 3.31. The summed E-state index contributed by atoms with van der Waals surface area (Å²) >= 11 is 0. The van der Waals surface area contributed by atoms with Crippen LogP contribution < -0.4 is 11.1 Å². The van der Waals surface area contributed by atoms with Gasteiger partial charge in [-0.3, -0.25) is 9.89 Å². The molecule has 1 aliphatic heterocycles. The number of nitrogens with two attached hydrogens (primary N) is 1. The van der Waals surface area contributed by atoms with Gasteiger partial charge in [-0.25, -0.2) is 0 Å². The number of nitrogens with one attached hydrogen (secondary N) is 1. The minimum absolute atomic E-state index is 0. The maximum Gasteiger partial charge on any atom is 0.193 e. The van der Waals surface area contributed by atoms with Crippen LogP contribution in [0.1, 0.15) is 30.9 Å². The number of halogens is 1. The molecule has 1 fully saturated rings. The van der Waals surface area contributed by atoms with Crippen molar-refractivity contribution in [3.05, 3.63) is 29.3 Å². The smallest absolute Gasteiger partial charge is 0.193 e. The van der Waals surface area contributed by atoms with E-state index in [1.165, 1.54) is 30.4 Å². The van der Waals surface area contributed by atoms with Crippen LogP contribution in [-0.4, -0.2) is 49.7 Å². The predicted molar refractivity (Wildman–Crippen MR) is 110 cm³/mol. The molecular weight excluding hydrogens is 415 g/mol. The highest BCUT2D eigenvalue weighted by Crippen LogP contribution is 2.27. The van der Waals surface area contributed by atoms with Crippen LogP contribution in [0.4, 0.5) is 5.69 Å². The molecule has 1 atom stereocenters. The highest BCUT2D eigenvalue weighted by atomic mass is 127. The molecule has 0 spiro atoms. The summed E-state index contributed by atoms with van der Waals surface area (Å²) in [6.07, 6.45) is 4.86. The van der Waals surface area contributed by atoms with E-state index in [9.17, 15) is 0 Å². The number of hydrogen-bond acceptors (Lipinski definition) is 3. The summed E-state index contributed by atoms with van der Waals surface area (Å²) in [6.45, 7) is 6.52. The molecule has 0 radical (unpaired) electrons. The topological polar surface area (TPSA) is 62.9 Å². The average molecular weight is 444 g/mol. The van der Waals surface area contributed by atoms with Gasteiger partial charge in [0.05, 0.1) is 19.8 Å². The summed E-state index contributed by atoms with van der Waals surface area (Å²) in [4.78, 5) is 6.95. The van der Waals surface area contributed by atoms with Gasteiger partial charge in [0, 0.05) is 24.8 Å². The Morgan fingerprint density at radius 1 is 1.29 bits per heavy atom. The molecular formula is C18H29IN4O. The first-order valence-electron chi connectivity index (χ1n) is 8.73. The number of guanidine groups is 1. The highest BCUT2D eigenvalue weighted by Gasteiger charge is 2.17. The molecule has 1 saturated heterocycles. The number of morpholine rings is 1. The molecule has 5 nitrogen and oxygen atoms in total. The minimum Gasteiger partial charge on any atom is -0.379 e. The third kappa shape index (κ3) is 5.07. The number of rotatable bonds is 4. The van der Waals surface area contributed by atoms with Gasteiger partial charge in [0.2, 0.25) is 0 Å². The van der Waals surface area contributed by atoms with Crippen LogP contribution in [-0.2, 0) is 17.6 Å². The highest BCUT2D eigenvalue weighted by molar-refractivity contribution is 14.0. The number of nitrogens with zero attached hydrogens (tertiary/aromatic N) is 2. The fourth-order valence-electron chi connectivity index (χ4n) is 3.44. The zero-order valence-corrected chi connectivity index (χ0v) is 16.8. The lowest BCUT2D eigenvalue weighted by molar-refractivity contribution is 0.0221. The first kappa shape index (κ1) is 19.5. The Morgan fingerprint density at radius 3 is 2.83 bits per heavy atom. The second-order valence-corrected chi connectivity index (χ2v) is 6.50. The van der Waals surface area contributed by atoms with Crippen molar-refractivity contribution in [2.24, 2.45) is 10.7 Å². The van der Waals surface area contributed by atoms with Crippen molar-refractivity contribution < 1.29 is 4.74 Å². The molecule has 24 heavy (non-hydrogen) atoms. The van der Waals surface area contributed by atoms with Crippen LogP contribution in [0.25, 0.3) is 0 Å². The fourth-order valence-corrected chi connectivity index (χ4v) is 3.44. The Bertz CT molecular complexity index is 558. The van der Waals surface area contributed by atoms with Crippen LogP contribution in [0.15, 0.2) is 23.2 Å². The fraction of sp³-hybridized carbons (Fsp3) is 0.611. The Labute approximate surface area is 162 Å². The monoisotopic (exact) mass is 444 g/mol. The van der Waals surface area contributed by atoms with Crippen molar-refractivity contribution in [1.82, 2.24) is 4.90 Å². The van der Waals surface area contributed by atoms with Gasteiger partial charge < -0.3 is 15.8 Å². The molecule has 1 aromatic rings. The molecule has 1 aliphatic carbocycles. The molecule has 134 valence electrons. The second kappa shape index (κ2) is 9.58. The van der Waals surface area contributed by atoms with E-state index in [4.69, 9.17) is 10.5 Å². The van der Waals surface area contributed by atoms with Crippen LogP contribution in [0.3, 0.4) is 0 Å². The maximum atomic E-state index is 6.11. The SMILES string of the molecule is CC(CN=C(N)Nc1cccc2c1CCCC2)N1CCOCC1.I. The third-order valence-electron chi connectivity index (χ3n) is 4.85. The van der Waals surface area contributed by atoms with E-state index < -0.39 is 0 Å². The van der Waals surface area contributed by atoms with E-state index in [-0.39, 0.29) is 24.0 Å². The molecule has 0 saturated carbocycles. The molecule has 0 aromatic heterocycles. The molecule has 1 heterocycles. The Balaban J connectivity index is 0.00000208. The largest absolute Gasteiger partial charge is 0.379 e. The van der Waals surface area contributed by atoms with Gasteiger partial charge in [0.1, 0.15) is 0 Å². The van der Waals surface area contributed by atoms with Crippen LogP contribution >= 0.6 is 24.0 Å². The molecule has 6 heteroatoms. The van der Waals surface area contributed by atoms with Crippen LogP contribution in [0.5, 0.6) is 0 Å². The number of ether oxygens (including phenoxy) is 1. The molecule has 0 bridgehead atoms. The van der Waals surface area contributed by atoms with Gasteiger partial charge in [-0.1, -0.05) is 12.1 Å². The van der Waals surface area contributed by atoms with Crippen molar-refractivity contribution >= 4 is 35.6 Å². The molecule has 2 aliphatic rings. The van der Waals surface area contributed by atoms with Crippen molar-refractivity contribution in [3.8, 4) is 0 Å². The van der Waals surface area contributed by atoms with Gasteiger partial charge in [-0.05, 0) is 49.8 Å². The van der Waals surface area contributed by atoms with E-state index in [1.807, 2.05) is 0 Å². The maximum absolute atomic E-state index is 6.11. The van der Waals surface area contributed by atoms with E-state index in [1.54, 1.807) is 0 Å². The van der Waals surface area contributed by atoms with E-state index in [0.717, 1.165) is 38.4 Å². The number of hydrogen-bond donors (Lipinski definition) is 2. The van der Waals surface area contributed by atoms with Gasteiger partial charge >= 0.3 is 0 Å². The van der Waals surface area contributed by atoms with Gasteiger partial charge in [0.25, 0.3) is 0 Å². The van der Waals surface area contributed by atoms with Crippen LogP contribution in [0, 0.1) is 0 Å². The standard InChI is InChI=1S/C18H28N4O.HI/c1-14(22-9-11-23-12-10-22)13-20-18(19)21-17-8-4-6-15-5-2-3-7-16(15)17;/h4,6,8,14H,2-3,5,7,9-13H2,1H3,(H3,19,20,21);1H. The van der Waals surface area contributed by atoms with E-state index in [0.29, 0.717) is 18.5 Å². The van der Waals surface area contributed by atoms with Crippen molar-refractivity contribution in [1.29, 1.82) is 0 Å². The normalized spacial score (nSPS) is 20.0. The Morgan fingerprint density at radius 2 is 2.04 bits per heavy atom. The van der Waals surface area contributed by atoms with Crippen molar-refractivity contribution in [3.63, 3.8) is 0 Å². The number of aliphatic imine (C=N–C) groups is 1. The first-order valence-corrected chi connectivity index (χ1v) is 8.73. The quantitative estimate of drug-likeness (QED) is 0.426. The van der Waals surface area contributed by atoms with Gasteiger partial charge in [-0.15, -0.1) is 24.0 Å². The van der Waals surface area contributed by atoms with Gasteiger partial charge in [-0.2, -0.15) is 0 Å². The lowest BCUT2D eigenvalue weighted by Crippen LogP contribution is -2.43. The second-order valence-electron chi connectivity index (χ2n) is 6.50. The molecule has 0 amide bonds. The zero-order valence-electron chi connectivity index (χ0n) is 14.5. The number of anilines is 1. The van der Waals surface area contributed by atoms with E-state index in [2.05, 4.69) is 40.3 Å². The molecule has 3 rings (SSSR count). The van der Waals surface area contributed by atoms with E-state index >= 15 is 0 Å². The summed E-state index contributed by atoms with van der Waals surface area (Å²) in [6, 6.07) is 6.84. The third-order valence-corrected chi connectivity index (χ3v) is 4.85. The molecule has 1 unspecified atom stereocenters. The van der Waals surface area contributed by atoms with Gasteiger partial charge in [0.15, 0.2) is 5.96 Å². The lowest BCUT2D eigenvalue weighted by atomic mass is 9.90. The van der Waals surface area contributed by atoms with Crippen molar-refractivity contribution in [2.75, 3.05) is 38.2 Å². The summed E-state index contributed by atoms with van der Waals surface area (Å²) in [5.74, 6) is 0.518. The number of fused-ring (bicyclic) bond motifs is 1. The number of aryl methyl sites for hydroxylation is 1. The molecule has 3 N–H and O–H groups in total. The number of benzene rings is 1. The minimum atomic E-state index is 0. The molecule has 1 aromatic carbocycles. The van der Waals surface area contributed by atoms with Crippen molar-refractivity contribution in [2.45, 2.75) is 38.6 Å².